The van der Waals surface area contributed by atoms with Crippen LogP contribution in [0.25, 0.3) is 0 Å². The highest BCUT2D eigenvalue weighted by Crippen LogP contribution is 2.39. The van der Waals surface area contributed by atoms with E-state index in [0.717, 1.165) is 30.1 Å². The maximum absolute atomic E-state index is 6.13. The van der Waals surface area contributed by atoms with Crippen molar-refractivity contribution in [3.63, 3.8) is 0 Å². The lowest BCUT2D eigenvalue weighted by molar-refractivity contribution is 0.174. The van der Waals surface area contributed by atoms with E-state index >= 15 is 0 Å². The maximum atomic E-state index is 6.13. The van der Waals surface area contributed by atoms with E-state index in [1.54, 1.807) is 0 Å². The molecule has 0 bridgehead atoms. The number of rotatable bonds is 3. The summed E-state index contributed by atoms with van der Waals surface area (Å²) in [6.07, 6.45) is 10.2. The summed E-state index contributed by atoms with van der Waals surface area (Å²) in [6, 6.07) is 0. The number of nitrogen functional groups attached to an aromatic ring is 1. The Bertz CT molecular complexity index is 449. The molecule has 1 aromatic rings. The quantitative estimate of drug-likeness (QED) is 0.848. The highest BCUT2D eigenvalue weighted by Gasteiger charge is 2.28. The average molecular weight is 261 g/mol. The van der Waals surface area contributed by atoms with Gasteiger partial charge in [0.25, 0.3) is 0 Å². The smallest absolute Gasteiger partial charge is 0.222 e. The highest BCUT2D eigenvalue weighted by atomic mass is 16.5. The number of anilines is 1. The molecule has 0 spiro atoms. The third-order valence-corrected chi connectivity index (χ3v) is 4.18. The molecule has 2 fully saturated rings. The molecular formula is C15H23N3O. The Morgan fingerprint density at radius 1 is 1.00 bits per heavy atom. The molecule has 2 aliphatic carbocycles. The third-order valence-electron chi connectivity index (χ3n) is 4.18. The summed E-state index contributed by atoms with van der Waals surface area (Å²) >= 11 is 0. The van der Waals surface area contributed by atoms with Crippen LogP contribution in [-0.4, -0.2) is 16.1 Å². The van der Waals surface area contributed by atoms with Crippen LogP contribution in [0.2, 0.25) is 0 Å². The topological polar surface area (TPSA) is 61.0 Å². The largest absolute Gasteiger partial charge is 0.474 e. The Morgan fingerprint density at radius 2 is 1.68 bits per heavy atom. The second kappa shape index (κ2) is 5.35. The second-order valence-corrected chi connectivity index (χ2v) is 5.90. The van der Waals surface area contributed by atoms with Gasteiger partial charge in [0, 0.05) is 5.92 Å². The van der Waals surface area contributed by atoms with Crippen molar-refractivity contribution in [3.05, 3.63) is 11.4 Å². The van der Waals surface area contributed by atoms with Crippen molar-refractivity contribution in [3.8, 4) is 5.88 Å². The van der Waals surface area contributed by atoms with E-state index in [0.29, 0.717) is 17.8 Å². The zero-order chi connectivity index (χ0) is 13.2. The van der Waals surface area contributed by atoms with Crippen molar-refractivity contribution in [1.82, 2.24) is 9.97 Å². The molecular weight excluding hydrogens is 238 g/mol. The molecule has 3 rings (SSSR count). The normalized spacial score (nSPS) is 21.1. The van der Waals surface area contributed by atoms with Gasteiger partial charge in [-0.05, 0) is 45.4 Å². The summed E-state index contributed by atoms with van der Waals surface area (Å²) in [4.78, 5) is 9.00. The number of hydrogen-bond donors (Lipinski definition) is 1. The average Bonchev–Trinajstić information content (AvgIpc) is 3.22. The molecule has 0 unspecified atom stereocenters. The molecule has 4 nitrogen and oxygen atoms in total. The Morgan fingerprint density at radius 3 is 2.32 bits per heavy atom. The van der Waals surface area contributed by atoms with Crippen LogP contribution in [0.3, 0.4) is 0 Å². The van der Waals surface area contributed by atoms with E-state index in [1.165, 1.54) is 38.5 Å². The Balaban J connectivity index is 1.78. The van der Waals surface area contributed by atoms with E-state index in [4.69, 9.17) is 10.5 Å². The Labute approximate surface area is 114 Å². The zero-order valence-corrected chi connectivity index (χ0v) is 11.7. The summed E-state index contributed by atoms with van der Waals surface area (Å²) < 4.78 is 6.13. The minimum atomic E-state index is 0.308. The van der Waals surface area contributed by atoms with E-state index in [2.05, 4.69) is 9.97 Å². The van der Waals surface area contributed by atoms with Gasteiger partial charge < -0.3 is 10.5 Å². The van der Waals surface area contributed by atoms with E-state index in [-0.39, 0.29) is 0 Å². The van der Waals surface area contributed by atoms with Crippen molar-refractivity contribution in [2.45, 2.75) is 70.3 Å². The van der Waals surface area contributed by atoms with Crippen molar-refractivity contribution < 1.29 is 4.74 Å². The fourth-order valence-electron chi connectivity index (χ4n) is 2.69. The van der Waals surface area contributed by atoms with Gasteiger partial charge in [-0.2, -0.15) is 4.98 Å². The lowest BCUT2D eigenvalue weighted by Crippen LogP contribution is -2.18. The van der Waals surface area contributed by atoms with Crippen molar-refractivity contribution in [1.29, 1.82) is 0 Å². The molecule has 0 aromatic carbocycles. The number of hydrogen-bond acceptors (Lipinski definition) is 4. The molecule has 2 aliphatic rings. The minimum absolute atomic E-state index is 0.308. The second-order valence-electron chi connectivity index (χ2n) is 5.90. The maximum Gasteiger partial charge on any atom is 0.222 e. The molecule has 1 aromatic heterocycles. The molecule has 19 heavy (non-hydrogen) atoms. The van der Waals surface area contributed by atoms with Crippen LogP contribution in [0.5, 0.6) is 5.88 Å². The standard InChI is InChI=1S/C15H23N3O/c1-10-13(16)17-14(11-8-9-11)18-15(10)19-12-6-4-2-3-5-7-12/h11-12H,2-9H2,1H3,(H2,16,17,18). The van der Waals surface area contributed by atoms with E-state index < -0.39 is 0 Å². The Hall–Kier alpha value is -1.32. The summed E-state index contributed by atoms with van der Waals surface area (Å²) in [5.41, 5.74) is 6.89. The summed E-state index contributed by atoms with van der Waals surface area (Å²) in [7, 11) is 0. The van der Waals surface area contributed by atoms with E-state index in [1.807, 2.05) is 6.92 Å². The molecule has 4 heteroatoms. The molecule has 0 atom stereocenters. The van der Waals surface area contributed by atoms with Gasteiger partial charge in [-0.25, -0.2) is 4.98 Å². The van der Waals surface area contributed by atoms with Gasteiger partial charge in [0.1, 0.15) is 17.7 Å². The molecule has 0 aliphatic heterocycles. The number of ether oxygens (including phenoxy) is 1. The first-order valence-corrected chi connectivity index (χ1v) is 7.54. The lowest BCUT2D eigenvalue weighted by atomic mass is 10.1. The van der Waals surface area contributed by atoms with Gasteiger partial charge in [0.05, 0.1) is 5.56 Å². The minimum Gasteiger partial charge on any atom is -0.474 e. The SMILES string of the molecule is Cc1c(N)nc(C2CC2)nc1OC1CCCCCC1. The first-order chi connectivity index (χ1) is 9.24. The fourth-order valence-corrected chi connectivity index (χ4v) is 2.69. The number of nitrogens with two attached hydrogens (primary N) is 1. The van der Waals surface area contributed by atoms with Crippen LogP contribution in [0.4, 0.5) is 5.82 Å². The molecule has 0 saturated heterocycles. The number of nitrogens with zero attached hydrogens (tertiary/aromatic N) is 2. The van der Waals surface area contributed by atoms with Crippen LogP contribution in [0.15, 0.2) is 0 Å². The van der Waals surface area contributed by atoms with Gasteiger partial charge in [0.2, 0.25) is 5.88 Å². The van der Waals surface area contributed by atoms with E-state index in [9.17, 15) is 0 Å². The van der Waals surface area contributed by atoms with Gasteiger partial charge >= 0.3 is 0 Å². The van der Waals surface area contributed by atoms with Crippen LogP contribution in [-0.2, 0) is 0 Å². The summed E-state index contributed by atoms with van der Waals surface area (Å²) in [5.74, 6) is 2.70. The number of aromatic nitrogens is 2. The van der Waals surface area contributed by atoms with Gasteiger partial charge in [0.15, 0.2) is 0 Å². The van der Waals surface area contributed by atoms with Crippen LogP contribution >= 0.6 is 0 Å². The molecule has 2 N–H and O–H groups in total. The van der Waals surface area contributed by atoms with Gasteiger partial charge in [-0.3, -0.25) is 0 Å². The summed E-state index contributed by atoms with van der Waals surface area (Å²) in [6.45, 7) is 1.96. The van der Waals surface area contributed by atoms with Crippen molar-refractivity contribution in [2.75, 3.05) is 5.73 Å². The van der Waals surface area contributed by atoms with Crippen molar-refractivity contribution >= 4 is 5.82 Å². The Kier molecular flexibility index (Phi) is 3.58. The molecule has 1 heterocycles. The zero-order valence-electron chi connectivity index (χ0n) is 11.7. The van der Waals surface area contributed by atoms with Crippen LogP contribution in [0, 0.1) is 6.92 Å². The van der Waals surface area contributed by atoms with Gasteiger partial charge in [-0.15, -0.1) is 0 Å². The first-order valence-electron chi connectivity index (χ1n) is 7.54. The molecule has 2 saturated carbocycles. The molecule has 0 amide bonds. The predicted octanol–water partition coefficient (Wildman–Crippen LogP) is 3.35. The molecule has 104 valence electrons. The molecule has 0 radical (unpaired) electrons. The first kappa shape index (κ1) is 12.7. The van der Waals surface area contributed by atoms with Crippen molar-refractivity contribution in [2.24, 2.45) is 0 Å². The van der Waals surface area contributed by atoms with Gasteiger partial charge in [-0.1, -0.05) is 12.8 Å². The lowest BCUT2D eigenvalue weighted by Gasteiger charge is -2.18. The highest BCUT2D eigenvalue weighted by molar-refractivity contribution is 5.45. The summed E-state index contributed by atoms with van der Waals surface area (Å²) in [5, 5.41) is 0. The van der Waals surface area contributed by atoms with Crippen LogP contribution < -0.4 is 10.5 Å². The third kappa shape index (κ3) is 2.99. The fraction of sp³-hybridized carbons (Fsp3) is 0.733. The van der Waals surface area contributed by atoms with Crippen LogP contribution in [0.1, 0.15) is 68.7 Å². The predicted molar refractivity (Wildman–Crippen MR) is 75.3 cm³/mol. The monoisotopic (exact) mass is 261 g/mol.